The highest BCUT2D eigenvalue weighted by molar-refractivity contribution is 5.89. The highest BCUT2D eigenvalue weighted by Crippen LogP contribution is 2.35. The predicted molar refractivity (Wildman–Crippen MR) is 115 cm³/mol. The van der Waals surface area contributed by atoms with Gasteiger partial charge < -0.3 is 10.1 Å². The van der Waals surface area contributed by atoms with Crippen molar-refractivity contribution in [1.29, 1.82) is 0 Å². The highest BCUT2D eigenvalue weighted by Gasteiger charge is 2.47. The fourth-order valence-corrected chi connectivity index (χ4v) is 4.48. The predicted octanol–water partition coefficient (Wildman–Crippen LogP) is 4.79. The third-order valence-corrected chi connectivity index (χ3v) is 5.71. The number of piperidine rings is 1. The zero-order valence-electron chi connectivity index (χ0n) is 16.8. The lowest BCUT2D eigenvalue weighted by Crippen LogP contribution is -2.73. The Hall–Kier alpha value is -3.06. The van der Waals surface area contributed by atoms with Crippen molar-refractivity contribution < 1.29 is 14.6 Å². The van der Waals surface area contributed by atoms with E-state index in [1.54, 1.807) is 17.4 Å². The molecule has 4 rings (SSSR count). The van der Waals surface area contributed by atoms with E-state index < -0.39 is 6.09 Å². The first-order chi connectivity index (χ1) is 14.2. The molecule has 0 atom stereocenters. The molecule has 1 saturated heterocycles. The fourth-order valence-electron chi connectivity index (χ4n) is 4.48. The molecule has 7 heteroatoms. The number of hydrogen-bond acceptors (Lipinski definition) is 3. The third kappa shape index (κ3) is 3.53. The van der Waals surface area contributed by atoms with Gasteiger partial charge in [0.25, 0.3) is 0 Å². The summed E-state index contributed by atoms with van der Waals surface area (Å²) in [5.74, 6) is 0. The number of aromatic nitrogens is 2. The van der Waals surface area contributed by atoms with E-state index in [1.165, 1.54) is 0 Å². The number of nitrogens with zero attached hydrogens (tertiary/aromatic N) is 4. The molecule has 1 fully saturated rings. The summed E-state index contributed by atoms with van der Waals surface area (Å²) in [5.41, 5.74) is 2.70. The molecule has 1 aliphatic heterocycles. The molecule has 3 heterocycles. The summed E-state index contributed by atoms with van der Waals surface area (Å²) in [5, 5.41) is 15.2. The number of benzene rings is 1. The summed E-state index contributed by atoms with van der Waals surface area (Å²) < 4.78 is 0.267. The highest BCUT2D eigenvalue weighted by atomic mass is 16.4. The molecular weight excluding hydrogens is 366 g/mol. The number of aromatic amines is 1. The topological polar surface area (TPSA) is 72.5 Å². The van der Waals surface area contributed by atoms with Gasteiger partial charge in [-0.25, -0.2) is 4.79 Å². The van der Waals surface area contributed by atoms with Crippen LogP contribution in [0.25, 0.3) is 10.9 Å². The molecule has 1 aromatic carbocycles. The van der Waals surface area contributed by atoms with Crippen molar-refractivity contribution in [3.05, 3.63) is 55.0 Å². The summed E-state index contributed by atoms with van der Waals surface area (Å²) in [6, 6.07) is 11.7. The van der Waals surface area contributed by atoms with Gasteiger partial charge in [0.15, 0.2) is 0 Å². The number of rotatable bonds is 6. The van der Waals surface area contributed by atoms with Gasteiger partial charge in [-0.15, -0.1) is 4.70 Å². The summed E-state index contributed by atoms with van der Waals surface area (Å²) in [7, 11) is 0. The van der Waals surface area contributed by atoms with Crippen molar-refractivity contribution in [1.82, 2.24) is 9.97 Å². The molecule has 152 valence electrons. The second kappa shape index (κ2) is 8.13. The van der Waals surface area contributed by atoms with Gasteiger partial charge >= 0.3 is 6.09 Å². The first-order valence-electron chi connectivity index (χ1n) is 10.3. The number of pyridine rings is 1. The average molecular weight is 394 g/mol. The van der Waals surface area contributed by atoms with Gasteiger partial charge in [0.1, 0.15) is 18.8 Å². The van der Waals surface area contributed by atoms with Crippen molar-refractivity contribution in [3.63, 3.8) is 0 Å². The van der Waals surface area contributed by atoms with Crippen LogP contribution in [0.5, 0.6) is 0 Å². The fraction of sp³-hybridized carbons (Fsp3) is 0.364. The number of hydrogen-bond donors (Lipinski definition) is 2. The molecule has 0 bridgehead atoms. The van der Waals surface area contributed by atoms with Crippen molar-refractivity contribution in [2.24, 2.45) is 0 Å². The van der Waals surface area contributed by atoms with Crippen LogP contribution in [0.15, 0.2) is 55.0 Å². The molecule has 3 aromatic rings. The van der Waals surface area contributed by atoms with E-state index in [0.717, 1.165) is 61.9 Å². The van der Waals surface area contributed by atoms with Crippen molar-refractivity contribution >= 4 is 28.4 Å². The van der Waals surface area contributed by atoms with Crippen LogP contribution < -0.4 is 10.0 Å². The van der Waals surface area contributed by atoms with Crippen molar-refractivity contribution in [2.75, 3.05) is 29.7 Å². The van der Waals surface area contributed by atoms with E-state index in [4.69, 9.17) is 0 Å². The Bertz CT molecular complexity index is 966. The van der Waals surface area contributed by atoms with Gasteiger partial charge in [-0.1, -0.05) is 11.9 Å². The lowest BCUT2D eigenvalue weighted by Gasteiger charge is -2.51. The van der Waals surface area contributed by atoms with Crippen LogP contribution in [0.2, 0.25) is 0 Å². The van der Waals surface area contributed by atoms with E-state index in [2.05, 4.69) is 21.9 Å². The maximum Gasteiger partial charge on any atom is 0.459 e. The molecule has 0 spiro atoms. The number of nitrogens with one attached hydrogen (secondary N) is 1. The van der Waals surface area contributed by atoms with Gasteiger partial charge in [-0.3, -0.25) is 4.98 Å². The van der Waals surface area contributed by atoms with Crippen molar-refractivity contribution in [2.45, 2.75) is 32.6 Å². The second-order valence-corrected chi connectivity index (χ2v) is 7.56. The smallest absolute Gasteiger partial charge is 0.459 e. The molecule has 0 aliphatic carbocycles. The van der Waals surface area contributed by atoms with Crippen LogP contribution in [0.4, 0.5) is 16.2 Å². The molecule has 2 aromatic heterocycles. The molecule has 0 radical (unpaired) electrons. The summed E-state index contributed by atoms with van der Waals surface area (Å²) in [6.45, 7) is 4.39. The van der Waals surface area contributed by atoms with E-state index in [-0.39, 0.29) is 4.70 Å². The maximum atomic E-state index is 12.7. The first-order valence-corrected chi connectivity index (χ1v) is 10.3. The lowest BCUT2D eigenvalue weighted by molar-refractivity contribution is -0.942. The van der Waals surface area contributed by atoms with E-state index in [0.29, 0.717) is 5.69 Å². The zero-order valence-corrected chi connectivity index (χ0v) is 16.8. The number of fused-ring (bicyclic) bond motifs is 1. The Morgan fingerprint density at radius 1 is 1.10 bits per heavy atom. The normalized spacial score (nSPS) is 15.9. The summed E-state index contributed by atoms with van der Waals surface area (Å²) in [6.07, 6.45) is 8.52. The Labute approximate surface area is 170 Å². The maximum absolute atomic E-state index is 12.7. The molecule has 2 N–H and O–H groups in total. The molecule has 29 heavy (non-hydrogen) atoms. The number of carbonyl (C=O) groups is 1. The van der Waals surface area contributed by atoms with Gasteiger partial charge in [0.05, 0.1) is 12.2 Å². The molecule has 1 amide bonds. The quantitative estimate of drug-likeness (QED) is 0.590. The van der Waals surface area contributed by atoms with Crippen molar-refractivity contribution in [3.8, 4) is 0 Å². The largest absolute Gasteiger partial charge is 0.461 e. The number of amides is 1. The number of anilines is 2. The third-order valence-electron chi connectivity index (χ3n) is 5.71. The Kier molecular flexibility index (Phi) is 5.40. The Morgan fingerprint density at radius 2 is 1.86 bits per heavy atom. The van der Waals surface area contributed by atoms with Gasteiger partial charge in [0.2, 0.25) is 0 Å². The zero-order chi connectivity index (χ0) is 20.3. The molecule has 0 unspecified atom stereocenters. The monoisotopic (exact) mass is 394 g/mol. The number of H-pyrrole nitrogens is 1. The molecule has 0 saturated carbocycles. The number of carboxylic acid groups (broad SMARTS) is 1. The van der Waals surface area contributed by atoms with Crippen LogP contribution in [-0.2, 0) is 0 Å². The minimum absolute atomic E-state index is 0.267. The number of quaternary nitrogens is 1. The van der Waals surface area contributed by atoms with Crippen LogP contribution in [0, 0.1) is 0 Å². The second-order valence-electron chi connectivity index (χ2n) is 7.56. The van der Waals surface area contributed by atoms with Crippen LogP contribution in [0.1, 0.15) is 32.6 Å². The van der Waals surface area contributed by atoms with E-state index in [1.807, 2.05) is 42.6 Å². The Balaban J connectivity index is 1.87. The van der Waals surface area contributed by atoms with Gasteiger partial charge in [-0.05, 0) is 49.2 Å². The lowest BCUT2D eigenvalue weighted by atomic mass is 10.1. The van der Waals surface area contributed by atoms with E-state index >= 15 is 0 Å². The van der Waals surface area contributed by atoms with Gasteiger partial charge in [0, 0.05) is 42.3 Å². The molecule has 7 nitrogen and oxygen atoms in total. The minimum Gasteiger partial charge on any atom is -0.461 e. The molecule has 1 aliphatic rings. The first kappa shape index (κ1) is 19.3. The molecular formula is C22H28N5O2+. The standard InChI is InChI=1S/C22H27N5O2/c1-2-14-25(19-9-11-23-12-10-19)27(15-4-3-5-16-27)26(22(28)29)20-6-7-21-18(17-20)8-13-24-21/h6-13,17,24H,2-5,14-16H2,1H3/p+1. The van der Waals surface area contributed by atoms with Crippen LogP contribution >= 0.6 is 0 Å². The minimum atomic E-state index is -0.933. The SMILES string of the molecule is CCCN(c1ccncc1)[N+]1(N(C(=O)O)c2ccc3[nH]ccc3c2)CCCCC1. The average Bonchev–Trinajstić information content (AvgIpc) is 3.21. The van der Waals surface area contributed by atoms with E-state index in [9.17, 15) is 9.90 Å². The van der Waals surface area contributed by atoms with Gasteiger partial charge in [-0.2, -0.15) is 5.01 Å². The summed E-state index contributed by atoms with van der Waals surface area (Å²) >= 11 is 0. The van der Waals surface area contributed by atoms with Crippen LogP contribution in [-0.4, -0.2) is 45.5 Å². The van der Waals surface area contributed by atoms with Crippen LogP contribution in [0.3, 0.4) is 0 Å². The Morgan fingerprint density at radius 3 is 2.55 bits per heavy atom. The summed E-state index contributed by atoms with van der Waals surface area (Å²) in [4.78, 5) is 20.0.